The number of piperidine rings is 2. The van der Waals surface area contributed by atoms with Gasteiger partial charge in [-0.05, 0) is 110 Å². The van der Waals surface area contributed by atoms with E-state index in [1.807, 2.05) is 64.4 Å². The van der Waals surface area contributed by atoms with Crippen LogP contribution in [0, 0.1) is 11.8 Å². The van der Waals surface area contributed by atoms with E-state index < -0.39 is 0 Å². The van der Waals surface area contributed by atoms with Crippen molar-refractivity contribution in [2.24, 2.45) is 11.8 Å². The Morgan fingerprint density at radius 3 is 1.95 bits per heavy atom. The largest absolute Gasteiger partial charge is 0.351 e. The van der Waals surface area contributed by atoms with Crippen molar-refractivity contribution < 1.29 is 19.2 Å². The molecule has 0 radical (unpaired) electrons. The Bertz CT molecular complexity index is 2380. The van der Waals surface area contributed by atoms with Gasteiger partial charge in [-0.2, -0.15) is 0 Å². The summed E-state index contributed by atoms with van der Waals surface area (Å²) in [5.41, 5.74) is 2.76. The van der Waals surface area contributed by atoms with Gasteiger partial charge in [-0.15, -0.1) is 11.3 Å². The van der Waals surface area contributed by atoms with E-state index in [0.29, 0.717) is 46.2 Å². The van der Waals surface area contributed by atoms with Crippen molar-refractivity contribution in [3.8, 4) is 0 Å². The Kier molecular flexibility index (Phi) is 16.0. The first-order chi connectivity index (χ1) is 30.2. The predicted octanol–water partition coefficient (Wildman–Crippen LogP) is 10.1. The molecule has 8 rings (SSSR count). The van der Waals surface area contributed by atoms with E-state index in [2.05, 4.69) is 25.6 Å². The smallest absolute Gasteiger partial charge is 0.267 e. The molecule has 324 valence electrons. The number of unbranched alkanes of at least 4 members (excludes halogenated alkanes) is 2. The summed E-state index contributed by atoms with van der Waals surface area (Å²) in [5.74, 6) is 1.32. The monoisotopic (exact) mass is 893 g/mol. The van der Waals surface area contributed by atoms with E-state index in [1.54, 1.807) is 43.0 Å². The number of nitrogens with zero attached hydrogens (tertiary/aromatic N) is 4. The number of pyridine rings is 2. The fraction of sp³-hybridized carbons (Fsp3) is 0.375. The summed E-state index contributed by atoms with van der Waals surface area (Å²) in [4.78, 5) is 65.8. The molecule has 0 aliphatic carbocycles. The fourth-order valence-corrected chi connectivity index (χ4v) is 9.67. The van der Waals surface area contributed by atoms with Gasteiger partial charge in [0, 0.05) is 85.5 Å². The number of carbonyl (C=O) groups is 4. The molecule has 0 bridgehead atoms. The van der Waals surface area contributed by atoms with Crippen molar-refractivity contribution in [2.45, 2.75) is 64.2 Å². The number of likely N-dealkylation sites (tertiary alicyclic amines) is 2. The maximum absolute atomic E-state index is 12.7. The van der Waals surface area contributed by atoms with Gasteiger partial charge in [-0.3, -0.25) is 29.1 Å². The highest BCUT2D eigenvalue weighted by atomic mass is 35.5. The van der Waals surface area contributed by atoms with Crippen LogP contribution in [-0.2, 0) is 0 Å². The van der Waals surface area contributed by atoms with Crippen LogP contribution in [0.5, 0.6) is 0 Å². The van der Waals surface area contributed by atoms with Gasteiger partial charge in [-0.1, -0.05) is 67.1 Å². The number of nitrogens with one attached hydrogen (secondary N) is 3. The van der Waals surface area contributed by atoms with Gasteiger partial charge in [0.05, 0.1) is 20.2 Å². The number of benzene rings is 2. The molecular formula is C48H53Cl2N7O4S. The lowest BCUT2D eigenvalue weighted by Crippen LogP contribution is -2.38. The number of carbonyl (C=O) groups excluding carboxylic acids is 4. The summed E-state index contributed by atoms with van der Waals surface area (Å²) >= 11 is 13.6. The first kappa shape index (κ1) is 44.7. The molecule has 6 aromatic rings. The SMILES string of the molecule is O=C(NCCCCC1CCN(C(=O)c2ccc(Cl)cc2Cl)CC1)c1cc2cnccc2[nH]1.O=C(NCCCCC1CCN(C(=O)c2ccccc2)CC1)c1cc2ccncc2s1. The highest BCUT2D eigenvalue weighted by Crippen LogP contribution is 2.28. The quantitative estimate of drug-likeness (QED) is 0.0931. The zero-order chi connectivity index (χ0) is 43.3. The molecule has 2 saturated heterocycles. The van der Waals surface area contributed by atoms with Crippen LogP contribution in [0.3, 0.4) is 0 Å². The Balaban J connectivity index is 0.000000187. The molecule has 4 aromatic heterocycles. The highest BCUT2D eigenvalue weighted by Gasteiger charge is 2.25. The van der Waals surface area contributed by atoms with Crippen LogP contribution in [0.25, 0.3) is 21.0 Å². The van der Waals surface area contributed by atoms with Gasteiger partial charge < -0.3 is 25.4 Å². The van der Waals surface area contributed by atoms with E-state index in [0.717, 1.165) is 122 Å². The molecule has 0 atom stereocenters. The minimum atomic E-state index is -0.0890. The topological polar surface area (TPSA) is 140 Å². The normalized spacial score (nSPS) is 14.7. The third-order valence-electron chi connectivity index (χ3n) is 11.8. The second-order valence-corrected chi connectivity index (χ2v) is 18.1. The molecule has 2 aliphatic heterocycles. The number of rotatable bonds is 14. The minimum absolute atomic E-state index is 0.00364. The lowest BCUT2D eigenvalue weighted by Gasteiger charge is -2.32. The van der Waals surface area contributed by atoms with Crippen LogP contribution in [0.2, 0.25) is 10.0 Å². The lowest BCUT2D eigenvalue weighted by molar-refractivity contribution is 0.0678. The number of aromatic nitrogens is 3. The van der Waals surface area contributed by atoms with E-state index in [-0.39, 0.29) is 23.6 Å². The average Bonchev–Trinajstić information content (AvgIpc) is 3.95. The maximum atomic E-state index is 12.7. The molecule has 14 heteroatoms. The Hall–Kier alpha value is -5.30. The summed E-state index contributed by atoms with van der Waals surface area (Å²) in [6, 6.07) is 22.1. The number of amides is 4. The van der Waals surface area contributed by atoms with Crippen LogP contribution in [0.15, 0.2) is 97.6 Å². The lowest BCUT2D eigenvalue weighted by atomic mass is 9.91. The summed E-state index contributed by atoms with van der Waals surface area (Å²) in [6.45, 7) is 4.53. The zero-order valence-electron chi connectivity index (χ0n) is 34.8. The third-order valence-corrected chi connectivity index (χ3v) is 13.5. The average molecular weight is 895 g/mol. The number of thiophene rings is 1. The zero-order valence-corrected chi connectivity index (χ0v) is 37.1. The van der Waals surface area contributed by atoms with Crippen LogP contribution >= 0.6 is 34.5 Å². The first-order valence-electron chi connectivity index (χ1n) is 21.6. The van der Waals surface area contributed by atoms with Crippen LogP contribution in [-0.4, -0.2) is 87.6 Å². The van der Waals surface area contributed by atoms with Crippen LogP contribution in [0.1, 0.15) is 105 Å². The Morgan fingerprint density at radius 1 is 0.677 bits per heavy atom. The highest BCUT2D eigenvalue weighted by molar-refractivity contribution is 7.20. The van der Waals surface area contributed by atoms with E-state index >= 15 is 0 Å². The van der Waals surface area contributed by atoms with E-state index in [9.17, 15) is 19.2 Å². The maximum Gasteiger partial charge on any atom is 0.267 e. The molecule has 0 saturated carbocycles. The van der Waals surface area contributed by atoms with Crippen molar-refractivity contribution in [1.29, 1.82) is 0 Å². The number of H-pyrrole nitrogens is 1. The number of halogens is 2. The van der Waals surface area contributed by atoms with Gasteiger partial charge in [0.1, 0.15) is 5.69 Å². The van der Waals surface area contributed by atoms with Crippen molar-refractivity contribution in [1.82, 2.24) is 35.4 Å². The minimum Gasteiger partial charge on any atom is -0.351 e. The summed E-state index contributed by atoms with van der Waals surface area (Å²) in [6.07, 6.45) is 17.5. The molecule has 11 nitrogen and oxygen atoms in total. The molecule has 0 spiro atoms. The van der Waals surface area contributed by atoms with E-state index in [1.165, 1.54) is 11.3 Å². The Labute approximate surface area is 376 Å². The van der Waals surface area contributed by atoms with Crippen molar-refractivity contribution in [3.05, 3.63) is 129 Å². The summed E-state index contributed by atoms with van der Waals surface area (Å²) in [5, 5.41) is 8.94. The number of fused-ring (bicyclic) bond motifs is 2. The molecule has 2 aromatic carbocycles. The Morgan fingerprint density at radius 2 is 1.31 bits per heavy atom. The van der Waals surface area contributed by atoms with Crippen LogP contribution in [0.4, 0.5) is 0 Å². The van der Waals surface area contributed by atoms with Gasteiger partial charge in [-0.25, -0.2) is 0 Å². The van der Waals surface area contributed by atoms with Gasteiger partial charge in [0.15, 0.2) is 0 Å². The molecule has 4 amide bonds. The second kappa shape index (κ2) is 22.2. The van der Waals surface area contributed by atoms with Crippen molar-refractivity contribution in [2.75, 3.05) is 39.3 Å². The molecule has 2 aliphatic rings. The van der Waals surface area contributed by atoms with Crippen molar-refractivity contribution in [3.63, 3.8) is 0 Å². The molecular weight excluding hydrogens is 842 g/mol. The third kappa shape index (κ3) is 12.2. The molecule has 3 N–H and O–H groups in total. The number of hydrogen-bond donors (Lipinski definition) is 3. The summed E-state index contributed by atoms with van der Waals surface area (Å²) < 4.78 is 1.04. The molecule has 2 fully saturated rings. The second-order valence-electron chi connectivity index (χ2n) is 16.1. The van der Waals surface area contributed by atoms with Gasteiger partial charge >= 0.3 is 0 Å². The fourth-order valence-electron chi connectivity index (χ4n) is 8.24. The number of hydrogen-bond acceptors (Lipinski definition) is 7. The van der Waals surface area contributed by atoms with Crippen molar-refractivity contribution >= 4 is 79.2 Å². The van der Waals surface area contributed by atoms with Gasteiger partial charge in [0.25, 0.3) is 23.6 Å². The van der Waals surface area contributed by atoms with Crippen LogP contribution < -0.4 is 10.6 Å². The molecule has 0 unspecified atom stereocenters. The first-order valence-corrected chi connectivity index (χ1v) is 23.2. The summed E-state index contributed by atoms with van der Waals surface area (Å²) in [7, 11) is 0. The predicted molar refractivity (Wildman–Crippen MR) is 248 cm³/mol. The van der Waals surface area contributed by atoms with E-state index in [4.69, 9.17) is 23.2 Å². The standard InChI is InChI=1S/C24H26Cl2N4O2.C24H27N3O2S/c25-18-4-5-19(20(26)14-18)24(32)30-11-7-16(8-12-30)3-1-2-9-28-23(31)22-13-17-15-27-10-6-21(17)29-22;28-23(21-16-20-9-13-25-17-22(20)30-21)26-12-5-4-6-18-10-14-27(15-11-18)24(29)19-7-2-1-3-8-19/h4-6,10,13-16,29H,1-3,7-9,11-12H2,(H,28,31);1-3,7-9,13,16-18H,4-6,10-12,14-15H2,(H,26,28). The van der Waals surface area contributed by atoms with Gasteiger partial charge in [0.2, 0.25) is 0 Å². The molecule has 62 heavy (non-hydrogen) atoms. The molecule has 6 heterocycles. The number of aromatic amines is 1.